The van der Waals surface area contributed by atoms with E-state index < -0.39 is 0 Å². The predicted octanol–water partition coefficient (Wildman–Crippen LogP) is 6.66. The standard InChI is InChI=1S/C48H37N7/c1-4-14-36-35-15-8-7-9-20-41(35)48(51-6-3)55(42(36)5-2)26-25-31-21-22-33-28-34(24-23-32(33)27-31)45-37-16-10-12-18-39(37)46(40-19-13-11-17-38(40)45)47-53-43(29-49)52-44(30-50)54-47/h4-5,7,9-24,27-28H,1,6,8,25-26H2,2-3H3/b36-14-,42-5+,51-48?. The SMILES string of the molecule is C=C/C=c1/c2c(c(=NCC)n(CCc3ccc4cc(-c5c6ccccc6c(-c6nc(C#N)nc(C#N)n6)c6ccccc56)ccc4c3)/c1=C/C)=CC=CCC=2. The number of nitriles is 2. The van der Waals surface area contributed by atoms with Crippen LogP contribution in [0.3, 0.4) is 0 Å². The van der Waals surface area contributed by atoms with E-state index in [4.69, 9.17) is 4.99 Å². The molecule has 0 saturated carbocycles. The van der Waals surface area contributed by atoms with Crippen molar-refractivity contribution in [2.75, 3.05) is 6.54 Å². The van der Waals surface area contributed by atoms with Crippen molar-refractivity contribution in [3.05, 3.63) is 153 Å². The van der Waals surface area contributed by atoms with Crippen molar-refractivity contribution in [1.82, 2.24) is 19.5 Å². The summed E-state index contributed by atoms with van der Waals surface area (Å²) in [5.74, 6) is 0.130. The summed E-state index contributed by atoms with van der Waals surface area (Å²) in [6, 6.07) is 33.7. The normalized spacial score (nSPS) is 13.3. The lowest BCUT2D eigenvalue weighted by atomic mass is 9.87. The van der Waals surface area contributed by atoms with Crippen LogP contribution >= 0.6 is 0 Å². The molecule has 264 valence electrons. The van der Waals surface area contributed by atoms with E-state index in [1.54, 1.807) is 0 Å². The molecule has 0 amide bonds. The van der Waals surface area contributed by atoms with Crippen molar-refractivity contribution < 1.29 is 0 Å². The minimum atomic E-state index is -0.0876. The summed E-state index contributed by atoms with van der Waals surface area (Å²) in [7, 11) is 0. The number of aryl methyl sites for hydroxylation is 1. The second-order valence-electron chi connectivity index (χ2n) is 13.3. The number of hydrogen-bond donors (Lipinski definition) is 0. The van der Waals surface area contributed by atoms with E-state index in [9.17, 15) is 10.5 Å². The first-order valence-electron chi connectivity index (χ1n) is 18.5. The Labute approximate surface area is 318 Å². The third-order valence-corrected chi connectivity index (χ3v) is 10.2. The molecule has 55 heavy (non-hydrogen) atoms. The average molecular weight is 712 g/mol. The summed E-state index contributed by atoms with van der Waals surface area (Å²) in [4.78, 5) is 17.9. The molecule has 2 heterocycles. The molecule has 7 nitrogen and oxygen atoms in total. The number of nitrogens with zero attached hydrogens (tertiary/aromatic N) is 7. The molecular formula is C48H37N7. The summed E-state index contributed by atoms with van der Waals surface area (Å²) >= 11 is 0. The number of rotatable bonds is 7. The summed E-state index contributed by atoms with van der Waals surface area (Å²) in [6.45, 7) is 9.70. The van der Waals surface area contributed by atoms with Gasteiger partial charge in [0.1, 0.15) is 17.6 Å². The first-order valence-corrected chi connectivity index (χ1v) is 18.5. The van der Waals surface area contributed by atoms with E-state index >= 15 is 0 Å². The lowest BCUT2D eigenvalue weighted by Gasteiger charge is -2.17. The minimum absolute atomic E-state index is 0.0876. The molecule has 0 atom stereocenters. The van der Waals surface area contributed by atoms with Crippen molar-refractivity contribution in [3.8, 4) is 34.7 Å². The van der Waals surface area contributed by atoms with Gasteiger partial charge in [-0.2, -0.15) is 25.5 Å². The van der Waals surface area contributed by atoms with Gasteiger partial charge in [0.15, 0.2) is 5.82 Å². The van der Waals surface area contributed by atoms with Crippen LogP contribution in [0.25, 0.3) is 79.1 Å². The summed E-state index contributed by atoms with van der Waals surface area (Å²) in [5, 5.41) is 30.2. The fourth-order valence-corrected chi connectivity index (χ4v) is 7.89. The monoisotopic (exact) mass is 711 g/mol. The molecule has 0 N–H and O–H groups in total. The Morgan fingerprint density at radius 2 is 1.47 bits per heavy atom. The van der Waals surface area contributed by atoms with Crippen molar-refractivity contribution in [3.63, 3.8) is 0 Å². The van der Waals surface area contributed by atoms with Gasteiger partial charge >= 0.3 is 0 Å². The van der Waals surface area contributed by atoms with Crippen LogP contribution in [0, 0.1) is 22.7 Å². The van der Waals surface area contributed by atoms with Crippen molar-refractivity contribution in [1.29, 1.82) is 10.5 Å². The quantitative estimate of drug-likeness (QED) is 0.172. The number of benzene rings is 5. The molecule has 0 unspecified atom stereocenters. The molecule has 2 aromatic heterocycles. The van der Waals surface area contributed by atoms with Crippen molar-refractivity contribution in [2.24, 2.45) is 4.99 Å². The van der Waals surface area contributed by atoms with Gasteiger partial charge in [-0.15, -0.1) is 0 Å². The van der Waals surface area contributed by atoms with Crippen LogP contribution in [0.15, 0.2) is 115 Å². The Bertz CT molecular complexity index is 3080. The van der Waals surface area contributed by atoms with E-state index in [0.29, 0.717) is 12.4 Å². The maximum Gasteiger partial charge on any atom is 0.236 e. The number of allylic oxidation sites excluding steroid dienone is 3. The Morgan fingerprint density at radius 3 is 2.11 bits per heavy atom. The Kier molecular flexibility index (Phi) is 9.52. The molecule has 0 aliphatic heterocycles. The lowest BCUT2D eigenvalue weighted by molar-refractivity contribution is 0.624. The molecule has 5 aromatic carbocycles. The summed E-state index contributed by atoms with van der Waals surface area (Å²) in [6.07, 6.45) is 16.7. The maximum atomic E-state index is 9.63. The van der Waals surface area contributed by atoms with E-state index in [0.717, 1.165) is 79.1 Å². The molecule has 0 bridgehead atoms. The molecule has 0 radical (unpaired) electrons. The van der Waals surface area contributed by atoms with Gasteiger partial charge in [0, 0.05) is 34.4 Å². The molecule has 7 aromatic rings. The van der Waals surface area contributed by atoms with Crippen LogP contribution in [0.5, 0.6) is 0 Å². The number of aromatic nitrogens is 4. The zero-order chi connectivity index (χ0) is 37.9. The van der Waals surface area contributed by atoms with Gasteiger partial charge in [0.2, 0.25) is 11.6 Å². The molecule has 0 saturated heterocycles. The molecule has 8 rings (SSSR count). The van der Waals surface area contributed by atoms with Crippen LogP contribution in [0.4, 0.5) is 0 Å². The van der Waals surface area contributed by atoms with Crippen molar-refractivity contribution in [2.45, 2.75) is 33.2 Å². The smallest absolute Gasteiger partial charge is 0.236 e. The third-order valence-electron chi connectivity index (χ3n) is 10.2. The fraction of sp³-hybridized carbons (Fsp3) is 0.125. The molecule has 1 aliphatic rings. The van der Waals surface area contributed by atoms with Crippen LogP contribution in [0.2, 0.25) is 0 Å². The van der Waals surface area contributed by atoms with Gasteiger partial charge in [-0.05, 0) is 87.0 Å². The molecule has 0 spiro atoms. The van der Waals surface area contributed by atoms with E-state index in [-0.39, 0.29) is 11.6 Å². The van der Waals surface area contributed by atoms with Gasteiger partial charge < -0.3 is 4.57 Å². The highest BCUT2D eigenvalue weighted by Crippen LogP contribution is 2.43. The Balaban J connectivity index is 1.23. The van der Waals surface area contributed by atoms with Crippen LogP contribution < -0.4 is 26.5 Å². The summed E-state index contributed by atoms with van der Waals surface area (Å²) in [5.41, 5.74) is 5.22. The van der Waals surface area contributed by atoms with Gasteiger partial charge in [-0.3, -0.25) is 4.99 Å². The van der Waals surface area contributed by atoms with Gasteiger partial charge in [-0.1, -0.05) is 128 Å². The van der Waals surface area contributed by atoms with Crippen LogP contribution in [-0.4, -0.2) is 26.1 Å². The predicted molar refractivity (Wildman–Crippen MR) is 223 cm³/mol. The first-order chi connectivity index (χ1) is 27.1. The second-order valence-corrected chi connectivity index (χ2v) is 13.3. The first kappa shape index (κ1) is 34.8. The zero-order valence-electron chi connectivity index (χ0n) is 30.8. The van der Waals surface area contributed by atoms with Gasteiger partial charge in [-0.25, -0.2) is 0 Å². The van der Waals surface area contributed by atoms with Crippen molar-refractivity contribution >= 4 is 56.6 Å². The average Bonchev–Trinajstić information content (AvgIpc) is 3.49. The summed E-state index contributed by atoms with van der Waals surface area (Å²) < 4.78 is 2.37. The highest BCUT2D eigenvalue weighted by atomic mass is 15.0. The Morgan fingerprint density at radius 1 is 0.818 bits per heavy atom. The molecule has 7 heteroatoms. The number of hydrogen-bond acceptors (Lipinski definition) is 6. The highest BCUT2D eigenvalue weighted by Gasteiger charge is 2.20. The Hall–Kier alpha value is -7.22. The largest absolute Gasteiger partial charge is 0.326 e. The third kappa shape index (κ3) is 6.33. The molecular weight excluding hydrogens is 675 g/mol. The number of fused-ring (bicyclic) bond motifs is 4. The molecule has 1 aliphatic carbocycles. The van der Waals surface area contributed by atoms with Crippen LogP contribution in [0.1, 0.15) is 37.5 Å². The maximum absolute atomic E-state index is 9.63. The fourth-order valence-electron chi connectivity index (χ4n) is 7.89. The van der Waals surface area contributed by atoms with E-state index in [1.165, 1.54) is 21.4 Å². The molecule has 0 fully saturated rings. The zero-order valence-corrected chi connectivity index (χ0v) is 30.8. The van der Waals surface area contributed by atoms with E-state index in [1.807, 2.05) is 54.6 Å². The van der Waals surface area contributed by atoms with Crippen LogP contribution in [-0.2, 0) is 13.0 Å². The van der Waals surface area contributed by atoms with E-state index in [2.05, 4.69) is 125 Å². The van der Waals surface area contributed by atoms with Gasteiger partial charge in [0.25, 0.3) is 0 Å². The topological polar surface area (TPSA) is 104 Å². The van der Waals surface area contributed by atoms with Gasteiger partial charge in [0.05, 0.1) is 0 Å². The number of pyridine rings is 1. The minimum Gasteiger partial charge on any atom is -0.326 e. The highest BCUT2D eigenvalue weighted by molar-refractivity contribution is 6.21. The lowest BCUT2D eigenvalue weighted by Crippen LogP contribution is -2.62. The second kappa shape index (κ2) is 15.0.